The van der Waals surface area contributed by atoms with Crippen molar-refractivity contribution in [3.05, 3.63) is 36.2 Å². The average molecular weight is 349 g/mol. The van der Waals surface area contributed by atoms with Crippen LogP contribution in [-0.2, 0) is 17.8 Å². The summed E-state index contributed by atoms with van der Waals surface area (Å²) < 4.78 is 25.6. The molecule has 2 aromatic rings. The maximum absolute atomic E-state index is 12.3. The molecule has 1 aromatic heterocycles. The third-order valence-electron chi connectivity index (χ3n) is 3.90. The van der Waals surface area contributed by atoms with Gasteiger partial charge in [-0.25, -0.2) is 13.6 Å². The van der Waals surface area contributed by atoms with Crippen molar-refractivity contribution in [1.29, 1.82) is 0 Å². The first-order valence-electron chi connectivity index (χ1n) is 7.70. The Morgan fingerprint density at radius 1 is 1.28 bits per heavy atom. The smallest absolute Gasteiger partial charge is 0.315 e. The number of benzene rings is 1. The van der Waals surface area contributed by atoms with E-state index in [1.54, 1.807) is 24.1 Å². The van der Waals surface area contributed by atoms with E-state index in [4.69, 9.17) is 0 Å². The molecule has 9 heteroatoms. The topological polar surface area (TPSA) is 79.3 Å². The van der Waals surface area contributed by atoms with Gasteiger partial charge in [-0.05, 0) is 30.2 Å². The van der Waals surface area contributed by atoms with E-state index in [1.807, 2.05) is 6.07 Å². The summed E-state index contributed by atoms with van der Waals surface area (Å²) in [6.45, 7) is -0.527. The molecule has 0 saturated carbocycles. The highest BCUT2D eigenvalue weighted by Crippen LogP contribution is 2.29. The van der Waals surface area contributed by atoms with Gasteiger partial charge in [0.2, 0.25) is 5.91 Å². The van der Waals surface area contributed by atoms with Gasteiger partial charge in [-0.2, -0.15) is 5.10 Å². The Hall–Kier alpha value is -2.97. The Morgan fingerprint density at radius 3 is 2.80 bits per heavy atom. The summed E-state index contributed by atoms with van der Waals surface area (Å²) in [4.78, 5) is 25.3. The lowest BCUT2D eigenvalue weighted by Crippen LogP contribution is -2.31. The van der Waals surface area contributed by atoms with E-state index in [1.165, 1.54) is 12.4 Å². The second kappa shape index (κ2) is 6.88. The van der Waals surface area contributed by atoms with Crippen LogP contribution in [0.1, 0.15) is 12.0 Å². The van der Waals surface area contributed by atoms with Gasteiger partial charge in [0.15, 0.2) is 0 Å². The van der Waals surface area contributed by atoms with Crippen molar-refractivity contribution >= 4 is 29.0 Å². The summed E-state index contributed by atoms with van der Waals surface area (Å²) in [6, 6.07) is 4.80. The molecule has 2 heterocycles. The molecule has 1 aliphatic heterocycles. The molecule has 0 fully saturated rings. The third-order valence-corrected chi connectivity index (χ3v) is 3.90. The first kappa shape index (κ1) is 16.9. The molecule has 0 radical (unpaired) electrons. The van der Waals surface area contributed by atoms with Gasteiger partial charge < -0.3 is 15.5 Å². The molecule has 3 rings (SSSR count). The highest BCUT2D eigenvalue weighted by molar-refractivity contribution is 6.00. The van der Waals surface area contributed by atoms with Gasteiger partial charge in [0.1, 0.15) is 6.54 Å². The molecule has 3 amide bonds. The van der Waals surface area contributed by atoms with E-state index >= 15 is 0 Å². The van der Waals surface area contributed by atoms with Gasteiger partial charge in [-0.3, -0.25) is 9.48 Å². The number of nitrogens with one attached hydrogen (secondary N) is 2. The molecule has 0 aliphatic carbocycles. The second-order valence-corrected chi connectivity index (χ2v) is 5.72. The normalized spacial score (nSPS) is 13.8. The summed E-state index contributed by atoms with van der Waals surface area (Å²) in [5.41, 5.74) is 2.71. The highest BCUT2D eigenvalue weighted by Gasteiger charge is 2.21. The Kier molecular flexibility index (Phi) is 4.64. The molecule has 25 heavy (non-hydrogen) atoms. The molecular formula is C16H17F2N5O2. The molecule has 132 valence electrons. The van der Waals surface area contributed by atoms with Crippen LogP contribution in [0.3, 0.4) is 0 Å². The van der Waals surface area contributed by atoms with Gasteiger partial charge >= 0.3 is 6.03 Å². The zero-order valence-electron chi connectivity index (χ0n) is 13.5. The number of hydrogen-bond donors (Lipinski definition) is 2. The molecule has 1 aliphatic rings. The number of nitrogens with zero attached hydrogens (tertiary/aromatic N) is 3. The quantitative estimate of drug-likeness (QED) is 0.891. The van der Waals surface area contributed by atoms with E-state index in [-0.39, 0.29) is 5.91 Å². The van der Waals surface area contributed by atoms with E-state index in [9.17, 15) is 18.4 Å². The van der Waals surface area contributed by atoms with Crippen LogP contribution in [0.2, 0.25) is 0 Å². The molecule has 0 saturated heterocycles. The maximum atomic E-state index is 12.3. The lowest BCUT2D eigenvalue weighted by molar-refractivity contribution is -0.118. The summed E-state index contributed by atoms with van der Waals surface area (Å²) >= 11 is 0. The number of fused-ring (bicyclic) bond motifs is 1. The zero-order valence-corrected chi connectivity index (χ0v) is 13.5. The van der Waals surface area contributed by atoms with Crippen LogP contribution in [0.4, 0.5) is 30.6 Å². The Morgan fingerprint density at radius 2 is 2.04 bits per heavy atom. The number of aromatic nitrogens is 2. The number of carbonyl (C=O) groups excluding carboxylic acids is 2. The van der Waals surface area contributed by atoms with Crippen molar-refractivity contribution in [2.75, 3.05) is 22.6 Å². The van der Waals surface area contributed by atoms with E-state index in [0.29, 0.717) is 24.2 Å². The second-order valence-electron chi connectivity index (χ2n) is 5.72. The minimum atomic E-state index is -2.51. The number of aryl methyl sites for hydroxylation is 1. The number of alkyl halides is 2. The molecule has 0 atom stereocenters. The minimum Gasteiger partial charge on any atom is -0.315 e. The fourth-order valence-electron chi connectivity index (χ4n) is 2.70. The number of anilines is 3. The zero-order chi connectivity index (χ0) is 18.0. The van der Waals surface area contributed by atoms with Gasteiger partial charge in [0.05, 0.1) is 11.9 Å². The molecule has 2 N–H and O–H groups in total. The van der Waals surface area contributed by atoms with Crippen LogP contribution in [0.25, 0.3) is 0 Å². The van der Waals surface area contributed by atoms with E-state index < -0.39 is 19.0 Å². The van der Waals surface area contributed by atoms with Crippen molar-refractivity contribution in [2.45, 2.75) is 25.8 Å². The van der Waals surface area contributed by atoms with Crippen molar-refractivity contribution < 1.29 is 18.4 Å². The Balaban J connectivity index is 1.63. The van der Waals surface area contributed by atoms with E-state index in [2.05, 4.69) is 15.7 Å². The summed E-state index contributed by atoms with van der Waals surface area (Å²) in [6.07, 6.45) is 1.18. The molecule has 7 nitrogen and oxygen atoms in total. The van der Waals surface area contributed by atoms with E-state index in [0.717, 1.165) is 15.9 Å². The van der Waals surface area contributed by atoms with Crippen LogP contribution in [0.15, 0.2) is 30.6 Å². The SMILES string of the molecule is CN1C(=O)CCc2cc(NC(=O)Nc3cnn(CC(F)F)c3)ccc21. The maximum Gasteiger partial charge on any atom is 0.323 e. The largest absolute Gasteiger partial charge is 0.323 e. The standard InChI is InChI=1S/C16H17F2N5O2/c1-22-13-4-3-11(6-10(13)2-5-15(22)24)20-16(25)21-12-7-19-23(8-12)9-14(17)18/h3-4,6-8,14H,2,5,9H2,1H3,(H2,20,21,25). The Bertz CT molecular complexity index is 806. The van der Waals surface area contributed by atoms with Gasteiger partial charge in [-0.15, -0.1) is 0 Å². The van der Waals surface area contributed by atoms with Crippen LogP contribution in [0, 0.1) is 0 Å². The minimum absolute atomic E-state index is 0.0618. The number of amides is 3. The van der Waals surface area contributed by atoms with Crippen LogP contribution in [-0.4, -0.2) is 35.2 Å². The lowest BCUT2D eigenvalue weighted by atomic mass is 10.0. The van der Waals surface area contributed by atoms with Crippen LogP contribution >= 0.6 is 0 Å². The number of hydrogen-bond acceptors (Lipinski definition) is 3. The predicted octanol–water partition coefficient (Wildman–Crippen LogP) is 2.70. The number of urea groups is 1. The van der Waals surface area contributed by atoms with Gasteiger partial charge in [-0.1, -0.05) is 0 Å². The molecular weight excluding hydrogens is 332 g/mol. The number of halogens is 2. The average Bonchev–Trinajstić information content (AvgIpc) is 2.97. The summed E-state index contributed by atoms with van der Waals surface area (Å²) in [7, 11) is 1.72. The molecule has 1 aromatic carbocycles. The molecule has 0 bridgehead atoms. The van der Waals surface area contributed by atoms with Crippen molar-refractivity contribution in [1.82, 2.24) is 9.78 Å². The molecule has 0 unspecified atom stereocenters. The Labute approximate surface area is 142 Å². The number of carbonyl (C=O) groups is 2. The highest BCUT2D eigenvalue weighted by atomic mass is 19.3. The van der Waals surface area contributed by atoms with Gasteiger partial charge in [0.25, 0.3) is 6.43 Å². The lowest BCUT2D eigenvalue weighted by Gasteiger charge is -2.26. The van der Waals surface area contributed by atoms with Crippen LogP contribution in [0.5, 0.6) is 0 Å². The summed E-state index contributed by atoms with van der Waals surface area (Å²) in [5, 5.41) is 8.96. The fraction of sp³-hybridized carbons (Fsp3) is 0.312. The van der Waals surface area contributed by atoms with Crippen molar-refractivity contribution in [3.8, 4) is 0 Å². The van der Waals surface area contributed by atoms with Crippen LogP contribution < -0.4 is 15.5 Å². The van der Waals surface area contributed by atoms with Crippen molar-refractivity contribution in [2.24, 2.45) is 0 Å². The predicted molar refractivity (Wildman–Crippen MR) is 89.0 cm³/mol. The first-order valence-corrected chi connectivity index (χ1v) is 7.70. The fourth-order valence-corrected chi connectivity index (χ4v) is 2.70. The van der Waals surface area contributed by atoms with Gasteiger partial charge in [0, 0.05) is 31.0 Å². The first-order chi connectivity index (χ1) is 11.9. The van der Waals surface area contributed by atoms with Crippen molar-refractivity contribution in [3.63, 3.8) is 0 Å². The third kappa shape index (κ3) is 3.93. The molecule has 0 spiro atoms. The number of rotatable bonds is 4. The summed E-state index contributed by atoms with van der Waals surface area (Å²) in [5.74, 6) is 0.0618. The monoisotopic (exact) mass is 349 g/mol.